The van der Waals surface area contributed by atoms with Crippen molar-refractivity contribution in [3.05, 3.63) is 29.1 Å². The Balaban J connectivity index is 1.26. The number of carbonyl (C=O) groups excluding carboxylic acids is 1. The maximum atomic E-state index is 13.6. The van der Waals surface area contributed by atoms with Crippen LogP contribution >= 0.6 is 11.6 Å². The normalized spacial score (nSPS) is 23.2. The van der Waals surface area contributed by atoms with Crippen molar-refractivity contribution in [2.24, 2.45) is 5.92 Å². The van der Waals surface area contributed by atoms with Gasteiger partial charge in [0, 0.05) is 57.8 Å². The van der Waals surface area contributed by atoms with Crippen molar-refractivity contribution in [2.75, 3.05) is 39.3 Å². The maximum Gasteiger partial charge on any atom is 0.244 e. The lowest BCUT2D eigenvalue weighted by Crippen LogP contribution is -2.55. The molecule has 1 aliphatic carbocycles. The highest BCUT2D eigenvalue weighted by Crippen LogP contribution is 2.32. The highest BCUT2D eigenvalue weighted by atomic mass is 35.5. The third-order valence-electron chi connectivity index (χ3n) is 7.79. The molecule has 1 aromatic heterocycles. The molecule has 5 rings (SSSR count). The minimum absolute atomic E-state index is 0.00156. The highest BCUT2D eigenvalue weighted by Gasteiger charge is 2.37. The van der Waals surface area contributed by atoms with E-state index in [1.165, 1.54) is 48.5 Å². The molecule has 0 radical (unpaired) electrons. The smallest absolute Gasteiger partial charge is 0.244 e. The van der Waals surface area contributed by atoms with Crippen molar-refractivity contribution < 1.29 is 17.7 Å². The number of piperazine rings is 1. The molecule has 3 aliphatic rings. The first-order valence-electron chi connectivity index (χ1n) is 13.0. The third kappa shape index (κ3) is 5.32. The maximum absolute atomic E-state index is 13.6. The van der Waals surface area contributed by atoms with Gasteiger partial charge < -0.3 is 9.42 Å². The van der Waals surface area contributed by atoms with Gasteiger partial charge in [0.1, 0.15) is 4.90 Å². The minimum atomic E-state index is -3.90. The summed E-state index contributed by atoms with van der Waals surface area (Å²) in [6, 6.07) is 5.34. The van der Waals surface area contributed by atoms with Crippen molar-refractivity contribution >= 4 is 27.5 Å². The summed E-state index contributed by atoms with van der Waals surface area (Å²) in [5, 5.41) is 4.01. The van der Waals surface area contributed by atoms with Crippen LogP contribution in [0.2, 0.25) is 5.02 Å². The second kappa shape index (κ2) is 10.8. The summed E-state index contributed by atoms with van der Waals surface area (Å²) >= 11 is 6.34. The largest absolute Gasteiger partial charge is 0.340 e. The summed E-state index contributed by atoms with van der Waals surface area (Å²) in [5.74, 6) is 0.429. The summed E-state index contributed by atoms with van der Waals surface area (Å²) < 4.78 is 33.6. The number of piperidine rings is 1. The van der Waals surface area contributed by atoms with Crippen LogP contribution in [0.4, 0.5) is 0 Å². The van der Waals surface area contributed by atoms with E-state index in [9.17, 15) is 13.2 Å². The number of rotatable bonds is 5. The first-order valence-corrected chi connectivity index (χ1v) is 14.8. The SMILES string of the molecule is Cc1nc(-c2ccc(Cl)c(S(=O)(=O)N3CCC[C@H](C(=O)N4CCN(C5CCCCC5)CC4)C3)c2)no1. The Bertz CT molecular complexity index is 1190. The van der Waals surface area contributed by atoms with E-state index in [2.05, 4.69) is 15.0 Å². The van der Waals surface area contributed by atoms with Crippen LogP contribution in [0.3, 0.4) is 0 Å². The standard InChI is InChI=1S/C25H34ClN5O4S/c1-18-27-24(28-35-18)19-9-10-22(26)23(16-19)36(33,34)31-11-5-6-20(17-31)25(32)30-14-12-29(13-15-30)21-7-3-2-4-8-21/h9-10,16,20-21H,2-8,11-15,17H2,1H3/t20-/m0/s1. The zero-order valence-electron chi connectivity index (χ0n) is 20.7. The van der Waals surface area contributed by atoms with Gasteiger partial charge in [-0.25, -0.2) is 8.42 Å². The number of carbonyl (C=O) groups is 1. The Morgan fingerprint density at radius 2 is 1.78 bits per heavy atom. The monoisotopic (exact) mass is 535 g/mol. The van der Waals surface area contributed by atoms with E-state index in [1.807, 2.05) is 4.90 Å². The Morgan fingerprint density at radius 3 is 2.47 bits per heavy atom. The van der Waals surface area contributed by atoms with Crippen LogP contribution in [0.15, 0.2) is 27.6 Å². The van der Waals surface area contributed by atoms with Gasteiger partial charge in [0.25, 0.3) is 0 Å². The van der Waals surface area contributed by atoms with Gasteiger partial charge in [-0.2, -0.15) is 9.29 Å². The number of nitrogens with zero attached hydrogens (tertiary/aromatic N) is 5. The molecule has 1 atom stereocenters. The van der Waals surface area contributed by atoms with Gasteiger partial charge in [0.2, 0.25) is 27.6 Å². The highest BCUT2D eigenvalue weighted by molar-refractivity contribution is 7.89. The van der Waals surface area contributed by atoms with Gasteiger partial charge in [-0.1, -0.05) is 36.0 Å². The number of aryl methyl sites for hydroxylation is 1. The van der Waals surface area contributed by atoms with Crippen LogP contribution in [-0.4, -0.2) is 83.9 Å². The lowest BCUT2D eigenvalue weighted by molar-refractivity contribution is -0.138. The lowest BCUT2D eigenvalue weighted by atomic mass is 9.93. The molecule has 1 saturated carbocycles. The Labute approximate surface area is 217 Å². The molecular weight excluding hydrogens is 502 g/mol. The van der Waals surface area contributed by atoms with Gasteiger partial charge in [-0.3, -0.25) is 9.69 Å². The van der Waals surface area contributed by atoms with E-state index in [4.69, 9.17) is 16.1 Å². The number of amides is 1. The molecule has 3 fully saturated rings. The van der Waals surface area contributed by atoms with E-state index >= 15 is 0 Å². The van der Waals surface area contributed by atoms with Gasteiger partial charge in [0.05, 0.1) is 10.9 Å². The zero-order chi connectivity index (χ0) is 25.3. The molecule has 11 heteroatoms. The zero-order valence-corrected chi connectivity index (χ0v) is 22.3. The molecule has 1 aromatic carbocycles. The molecule has 2 aromatic rings. The van der Waals surface area contributed by atoms with Crippen LogP contribution < -0.4 is 0 Å². The first-order chi connectivity index (χ1) is 17.3. The number of benzene rings is 1. The molecule has 9 nitrogen and oxygen atoms in total. The van der Waals surface area contributed by atoms with Gasteiger partial charge >= 0.3 is 0 Å². The summed E-state index contributed by atoms with van der Waals surface area (Å²) in [7, 11) is -3.90. The number of aromatic nitrogens is 2. The average molecular weight is 536 g/mol. The fraction of sp³-hybridized carbons (Fsp3) is 0.640. The quantitative estimate of drug-likeness (QED) is 0.577. The molecule has 0 spiro atoms. The van der Waals surface area contributed by atoms with Crippen molar-refractivity contribution in [1.29, 1.82) is 0 Å². The number of sulfonamides is 1. The first kappa shape index (κ1) is 25.6. The molecule has 2 aliphatic heterocycles. The number of halogens is 1. The molecular formula is C25H34ClN5O4S. The van der Waals surface area contributed by atoms with Crippen LogP contribution in [0, 0.1) is 12.8 Å². The van der Waals surface area contributed by atoms with E-state index in [0.717, 1.165) is 26.2 Å². The second-order valence-electron chi connectivity index (χ2n) is 10.1. The molecule has 36 heavy (non-hydrogen) atoms. The molecule has 0 bridgehead atoms. The van der Waals surface area contributed by atoms with Crippen LogP contribution in [0.25, 0.3) is 11.4 Å². The fourth-order valence-electron chi connectivity index (χ4n) is 5.77. The predicted molar refractivity (Wildman–Crippen MR) is 136 cm³/mol. The van der Waals surface area contributed by atoms with E-state index in [-0.39, 0.29) is 28.3 Å². The van der Waals surface area contributed by atoms with E-state index < -0.39 is 10.0 Å². The van der Waals surface area contributed by atoms with Gasteiger partial charge in [-0.15, -0.1) is 0 Å². The average Bonchev–Trinajstić information content (AvgIpc) is 3.35. The van der Waals surface area contributed by atoms with Crippen LogP contribution in [0.1, 0.15) is 50.8 Å². The summed E-state index contributed by atoms with van der Waals surface area (Å²) in [5.41, 5.74) is 0.510. The lowest BCUT2D eigenvalue weighted by Gasteiger charge is -2.42. The van der Waals surface area contributed by atoms with Crippen molar-refractivity contribution in [3.63, 3.8) is 0 Å². The summed E-state index contributed by atoms with van der Waals surface area (Å²) in [4.78, 5) is 22.0. The van der Waals surface area contributed by atoms with Gasteiger partial charge in [0.15, 0.2) is 0 Å². The van der Waals surface area contributed by atoms with Crippen LogP contribution in [0.5, 0.6) is 0 Å². The Kier molecular flexibility index (Phi) is 7.67. The summed E-state index contributed by atoms with van der Waals surface area (Å²) in [6.45, 7) is 5.46. The molecule has 3 heterocycles. The second-order valence-corrected chi connectivity index (χ2v) is 12.5. The van der Waals surface area contributed by atoms with Gasteiger partial charge in [-0.05, 0) is 43.9 Å². The van der Waals surface area contributed by atoms with E-state index in [1.54, 1.807) is 13.0 Å². The van der Waals surface area contributed by atoms with Crippen molar-refractivity contribution in [3.8, 4) is 11.4 Å². The molecule has 2 saturated heterocycles. The predicted octanol–water partition coefficient (Wildman–Crippen LogP) is 3.58. The molecule has 1 amide bonds. The van der Waals surface area contributed by atoms with Crippen molar-refractivity contribution in [2.45, 2.75) is 62.8 Å². The minimum Gasteiger partial charge on any atom is -0.340 e. The number of hydrogen-bond acceptors (Lipinski definition) is 7. The van der Waals surface area contributed by atoms with Crippen molar-refractivity contribution in [1.82, 2.24) is 24.2 Å². The topological polar surface area (TPSA) is 99.8 Å². The third-order valence-corrected chi connectivity index (χ3v) is 10.1. The Hall–Kier alpha value is -2.01. The Morgan fingerprint density at radius 1 is 1.03 bits per heavy atom. The fourth-order valence-corrected chi connectivity index (χ4v) is 7.79. The molecule has 196 valence electrons. The van der Waals surface area contributed by atoms with E-state index in [0.29, 0.717) is 42.7 Å². The summed E-state index contributed by atoms with van der Waals surface area (Å²) in [6.07, 6.45) is 7.81. The molecule has 0 unspecified atom stereocenters. The molecule has 0 N–H and O–H groups in total. The number of hydrogen-bond donors (Lipinski definition) is 0. The van der Waals surface area contributed by atoms with Crippen LogP contribution in [-0.2, 0) is 14.8 Å².